The van der Waals surface area contributed by atoms with Crippen molar-refractivity contribution in [3.63, 3.8) is 0 Å². The van der Waals surface area contributed by atoms with Crippen LogP contribution in [-0.2, 0) is 10.0 Å². The lowest BCUT2D eigenvalue weighted by molar-refractivity contribution is 0.446. The molecule has 0 amide bonds. The summed E-state index contributed by atoms with van der Waals surface area (Å²) in [6.45, 7) is 1.75. The normalized spacial score (nSPS) is 11.9. The van der Waals surface area contributed by atoms with Gasteiger partial charge in [0.25, 0.3) is 10.0 Å². The van der Waals surface area contributed by atoms with Crippen LogP contribution in [0.1, 0.15) is 5.69 Å². The van der Waals surface area contributed by atoms with Gasteiger partial charge in [-0.25, -0.2) is 18.1 Å². The second kappa shape index (κ2) is 3.76. The predicted molar refractivity (Wildman–Crippen MR) is 55.2 cm³/mol. The molecule has 0 radical (unpaired) electrons. The molecule has 2 rings (SSSR count). The van der Waals surface area contributed by atoms with E-state index in [2.05, 4.69) is 9.71 Å². The fourth-order valence-corrected chi connectivity index (χ4v) is 2.04. The van der Waals surface area contributed by atoms with Gasteiger partial charge in [0.05, 0.1) is 17.5 Å². The zero-order chi connectivity index (χ0) is 11.8. The van der Waals surface area contributed by atoms with E-state index in [1.54, 1.807) is 6.92 Å². The molecule has 86 valence electrons. The molecule has 0 fully saturated rings. The molecule has 0 saturated heterocycles. The first-order chi connectivity index (χ1) is 7.54. The van der Waals surface area contributed by atoms with E-state index in [0.717, 1.165) is 0 Å². The Morgan fingerprint density at radius 2 is 2.12 bits per heavy atom. The Bertz CT molecular complexity index is 597. The number of nitrogens with one attached hydrogen (secondary N) is 1. The quantitative estimate of drug-likeness (QED) is 0.872. The molecular formula is C9H10N2O4S. The molecule has 16 heavy (non-hydrogen) atoms. The van der Waals surface area contributed by atoms with Crippen molar-refractivity contribution in [2.24, 2.45) is 0 Å². The van der Waals surface area contributed by atoms with Crippen LogP contribution in [0.3, 0.4) is 0 Å². The monoisotopic (exact) mass is 242 g/mol. The highest BCUT2D eigenvalue weighted by molar-refractivity contribution is 7.89. The van der Waals surface area contributed by atoms with Crippen LogP contribution >= 0.6 is 0 Å². The van der Waals surface area contributed by atoms with Gasteiger partial charge >= 0.3 is 0 Å². The topological polar surface area (TPSA) is 85.3 Å². The molecule has 2 aromatic heterocycles. The molecule has 7 heteroatoms. The number of furan rings is 1. The fourth-order valence-electron chi connectivity index (χ4n) is 1.23. The lowest BCUT2D eigenvalue weighted by Gasteiger charge is -1.99. The van der Waals surface area contributed by atoms with Crippen molar-refractivity contribution in [3.05, 3.63) is 24.3 Å². The minimum absolute atomic E-state index is 0.197. The molecule has 2 aromatic rings. The van der Waals surface area contributed by atoms with Gasteiger partial charge < -0.3 is 8.83 Å². The van der Waals surface area contributed by atoms with Crippen molar-refractivity contribution < 1.29 is 17.3 Å². The largest absolute Gasteiger partial charge is 0.451 e. The third kappa shape index (κ3) is 1.74. The molecule has 0 unspecified atom stereocenters. The van der Waals surface area contributed by atoms with E-state index in [1.807, 2.05) is 0 Å². The summed E-state index contributed by atoms with van der Waals surface area (Å²) < 4.78 is 35.4. The summed E-state index contributed by atoms with van der Waals surface area (Å²) in [5.41, 5.74) is 0.978. The van der Waals surface area contributed by atoms with Crippen molar-refractivity contribution in [2.45, 2.75) is 12.0 Å². The van der Waals surface area contributed by atoms with E-state index in [1.165, 1.54) is 25.6 Å². The smallest absolute Gasteiger partial charge is 0.274 e. The molecule has 0 saturated carbocycles. The number of hydrogen-bond donors (Lipinski definition) is 1. The summed E-state index contributed by atoms with van der Waals surface area (Å²) >= 11 is 0. The maximum Gasteiger partial charge on any atom is 0.274 e. The van der Waals surface area contributed by atoms with Crippen LogP contribution in [-0.4, -0.2) is 20.4 Å². The first-order valence-corrected chi connectivity index (χ1v) is 5.96. The second-order valence-electron chi connectivity index (χ2n) is 3.12. The SMILES string of the molecule is CNS(=O)(=O)c1occc1-c1nc(C)co1. The number of aryl methyl sites for hydroxylation is 1. The molecule has 1 N–H and O–H groups in total. The minimum Gasteiger partial charge on any atom is -0.451 e. The number of aromatic nitrogens is 1. The summed E-state index contributed by atoms with van der Waals surface area (Å²) in [5.74, 6) is 0.222. The van der Waals surface area contributed by atoms with Gasteiger partial charge in [-0.05, 0) is 20.0 Å². The second-order valence-corrected chi connectivity index (χ2v) is 4.91. The van der Waals surface area contributed by atoms with Crippen molar-refractivity contribution in [2.75, 3.05) is 7.05 Å². The Hall–Kier alpha value is -1.60. The summed E-state index contributed by atoms with van der Waals surface area (Å²) in [6, 6.07) is 1.50. The van der Waals surface area contributed by atoms with Gasteiger partial charge in [0, 0.05) is 0 Å². The molecule has 0 aromatic carbocycles. The van der Waals surface area contributed by atoms with Gasteiger partial charge in [0.2, 0.25) is 11.0 Å². The minimum atomic E-state index is -3.64. The van der Waals surface area contributed by atoms with E-state index >= 15 is 0 Å². The Labute approximate surface area is 92.3 Å². The van der Waals surface area contributed by atoms with Crippen LogP contribution in [0.2, 0.25) is 0 Å². The summed E-state index contributed by atoms with van der Waals surface area (Å²) in [5, 5.41) is -0.197. The molecule has 6 nitrogen and oxygen atoms in total. The Kier molecular flexibility index (Phi) is 2.56. The lowest BCUT2D eigenvalue weighted by atomic mass is 10.3. The average molecular weight is 242 g/mol. The maximum absolute atomic E-state index is 11.6. The number of oxazole rings is 1. The van der Waals surface area contributed by atoms with Gasteiger partial charge in [0.1, 0.15) is 6.26 Å². The third-order valence-electron chi connectivity index (χ3n) is 1.99. The summed E-state index contributed by atoms with van der Waals surface area (Å²) in [7, 11) is -2.33. The van der Waals surface area contributed by atoms with Crippen molar-refractivity contribution in [1.29, 1.82) is 0 Å². The highest BCUT2D eigenvalue weighted by atomic mass is 32.2. The molecule has 0 spiro atoms. The third-order valence-corrected chi connectivity index (χ3v) is 3.33. The van der Waals surface area contributed by atoms with Gasteiger partial charge in [-0.15, -0.1) is 0 Å². The predicted octanol–water partition coefficient (Wildman–Crippen LogP) is 1.15. The summed E-state index contributed by atoms with van der Waals surface area (Å²) in [6.07, 6.45) is 2.72. The zero-order valence-electron chi connectivity index (χ0n) is 8.72. The van der Waals surface area contributed by atoms with Crippen LogP contribution in [0.5, 0.6) is 0 Å². The Balaban J connectivity index is 2.56. The number of nitrogens with zero attached hydrogens (tertiary/aromatic N) is 1. The van der Waals surface area contributed by atoms with E-state index in [4.69, 9.17) is 8.83 Å². The van der Waals surface area contributed by atoms with Gasteiger partial charge in [-0.1, -0.05) is 0 Å². The van der Waals surface area contributed by atoms with Crippen LogP contribution in [0, 0.1) is 6.92 Å². The molecule has 0 aliphatic carbocycles. The van der Waals surface area contributed by atoms with E-state index < -0.39 is 10.0 Å². The van der Waals surface area contributed by atoms with Crippen molar-refractivity contribution >= 4 is 10.0 Å². The Morgan fingerprint density at radius 1 is 1.38 bits per heavy atom. The maximum atomic E-state index is 11.6. The Morgan fingerprint density at radius 3 is 2.69 bits per heavy atom. The van der Waals surface area contributed by atoms with Crippen molar-refractivity contribution in [3.8, 4) is 11.5 Å². The van der Waals surface area contributed by atoms with Gasteiger partial charge in [-0.2, -0.15) is 0 Å². The zero-order valence-corrected chi connectivity index (χ0v) is 9.54. The standard InChI is InChI=1S/C9H10N2O4S/c1-6-5-15-8(11-6)7-3-4-14-9(7)16(12,13)10-2/h3-5,10H,1-2H3. The average Bonchev–Trinajstić information content (AvgIpc) is 2.85. The molecule has 0 bridgehead atoms. The number of rotatable bonds is 3. The molecular weight excluding hydrogens is 232 g/mol. The van der Waals surface area contributed by atoms with E-state index in [-0.39, 0.29) is 11.0 Å². The number of hydrogen-bond acceptors (Lipinski definition) is 5. The van der Waals surface area contributed by atoms with Gasteiger partial charge in [-0.3, -0.25) is 0 Å². The highest BCUT2D eigenvalue weighted by Gasteiger charge is 2.24. The fraction of sp³-hybridized carbons (Fsp3) is 0.222. The van der Waals surface area contributed by atoms with Crippen LogP contribution in [0.25, 0.3) is 11.5 Å². The van der Waals surface area contributed by atoms with Crippen LogP contribution < -0.4 is 4.72 Å². The van der Waals surface area contributed by atoms with E-state index in [0.29, 0.717) is 11.3 Å². The molecule has 0 aliphatic rings. The van der Waals surface area contributed by atoms with Crippen LogP contribution in [0.4, 0.5) is 0 Å². The first kappa shape index (κ1) is 10.9. The number of sulfonamides is 1. The lowest BCUT2D eigenvalue weighted by Crippen LogP contribution is -2.18. The molecule has 0 aliphatic heterocycles. The molecule has 2 heterocycles. The molecule has 0 atom stereocenters. The first-order valence-electron chi connectivity index (χ1n) is 4.48. The van der Waals surface area contributed by atoms with Crippen molar-refractivity contribution in [1.82, 2.24) is 9.71 Å². The van der Waals surface area contributed by atoms with Gasteiger partial charge in [0.15, 0.2) is 0 Å². The highest BCUT2D eigenvalue weighted by Crippen LogP contribution is 2.27. The summed E-state index contributed by atoms with van der Waals surface area (Å²) in [4.78, 5) is 4.04. The van der Waals surface area contributed by atoms with E-state index in [9.17, 15) is 8.42 Å². The van der Waals surface area contributed by atoms with Crippen LogP contribution in [0.15, 0.2) is 32.5 Å².